The van der Waals surface area contributed by atoms with Crippen LogP contribution in [0.15, 0.2) is 18.2 Å². The smallest absolute Gasteiger partial charge is 0.393 e. The standard InChI is InChI=1S/C17H22N2O2/c1-10-7-12(3)13-9-16(18-15(13)8-10)21-17(20)19-14-6-4-5-11(14)2/h7-9,11,14,18H,4-6H2,1-3H3,(H,19,20)/t11-,14+/m0/s1. The summed E-state index contributed by atoms with van der Waals surface area (Å²) < 4.78 is 5.40. The molecular weight excluding hydrogens is 264 g/mol. The molecule has 4 heteroatoms. The third kappa shape index (κ3) is 2.89. The average Bonchev–Trinajstić information content (AvgIpc) is 2.96. The van der Waals surface area contributed by atoms with Gasteiger partial charge in [-0.3, -0.25) is 0 Å². The minimum absolute atomic E-state index is 0.242. The Bertz CT molecular complexity index is 675. The first kappa shape index (κ1) is 14.0. The van der Waals surface area contributed by atoms with Gasteiger partial charge in [-0.15, -0.1) is 0 Å². The molecule has 1 aromatic carbocycles. The van der Waals surface area contributed by atoms with Crippen LogP contribution in [0.1, 0.15) is 37.3 Å². The minimum atomic E-state index is -0.366. The molecule has 0 aliphatic heterocycles. The number of ether oxygens (including phenoxy) is 1. The van der Waals surface area contributed by atoms with Crippen molar-refractivity contribution in [2.75, 3.05) is 0 Å². The van der Waals surface area contributed by atoms with Crippen LogP contribution in [0.5, 0.6) is 5.88 Å². The maximum absolute atomic E-state index is 12.0. The molecule has 0 radical (unpaired) electrons. The maximum atomic E-state index is 12.0. The fourth-order valence-electron chi connectivity index (χ4n) is 3.27. The quantitative estimate of drug-likeness (QED) is 0.874. The van der Waals surface area contributed by atoms with E-state index in [0.29, 0.717) is 11.8 Å². The van der Waals surface area contributed by atoms with Crippen molar-refractivity contribution in [2.24, 2.45) is 5.92 Å². The van der Waals surface area contributed by atoms with Crippen molar-refractivity contribution in [2.45, 2.75) is 46.1 Å². The lowest BCUT2D eigenvalue weighted by atomic mass is 10.1. The van der Waals surface area contributed by atoms with Crippen molar-refractivity contribution < 1.29 is 9.53 Å². The molecular formula is C17H22N2O2. The normalized spacial score (nSPS) is 21.7. The molecule has 2 N–H and O–H groups in total. The Labute approximate surface area is 124 Å². The first-order chi connectivity index (χ1) is 10.0. The van der Waals surface area contributed by atoms with E-state index in [-0.39, 0.29) is 12.1 Å². The molecule has 1 saturated carbocycles. The fraction of sp³-hybridized carbons (Fsp3) is 0.471. The SMILES string of the molecule is Cc1cc(C)c2cc(OC(=O)N[C@@H]3CCC[C@@H]3C)[nH]c2c1. The summed E-state index contributed by atoms with van der Waals surface area (Å²) in [7, 11) is 0. The van der Waals surface area contributed by atoms with Crippen LogP contribution in [-0.2, 0) is 0 Å². The summed E-state index contributed by atoms with van der Waals surface area (Å²) in [5, 5.41) is 4.06. The fourth-order valence-corrected chi connectivity index (χ4v) is 3.27. The van der Waals surface area contributed by atoms with Crippen LogP contribution in [0.3, 0.4) is 0 Å². The van der Waals surface area contributed by atoms with Gasteiger partial charge in [0.15, 0.2) is 0 Å². The van der Waals surface area contributed by atoms with Crippen molar-refractivity contribution in [3.63, 3.8) is 0 Å². The summed E-state index contributed by atoms with van der Waals surface area (Å²) in [5.41, 5.74) is 3.38. The number of nitrogens with one attached hydrogen (secondary N) is 2. The summed E-state index contributed by atoms with van der Waals surface area (Å²) in [6.07, 6.45) is 3.03. The highest BCUT2D eigenvalue weighted by atomic mass is 16.6. The zero-order chi connectivity index (χ0) is 15.0. The molecule has 4 nitrogen and oxygen atoms in total. The number of H-pyrrole nitrogens is 1. The molecule has 0 bridgehead atoms. The van der Waals surface area contributed by atoms with Gasteiger partial charge < -0.3 is 15.0 Å². The maximum Gasteiger partial charge on any atom is 0.414 e. The van der Waals surface area contributed by atoms with E-state index in [4.69, 9.17) is 4.74 Å². The van der Waals surface area contributed by atoms with E-state index in [1.165, 1.54) is 24.0 Å². The monoisotopic (exact) mass is 286 g/mol. The van der Waals surface area contributed by atoms with E-state index in [0.717, 1.165) is 17.3 Å². The van der Waals surface area contributed by atoms with Gasteiger partial charge in [-0.2, -0.15) is 0 Å². The van der Waals surface area contributed by atoms with Gasteiger partial charge in [-0.25, -0.2) is 4.79 Å². The van der Waals surface area contributed by atoms with Gasteiger partial charge in [-0.1, -0.05) is 19.4 Å². The molecule has 2 atom stereocenters. The second-order valence-electron chi connectivity index (χ2n) is 6.23. The van der Waals surface area contributed by atoms with Crippen LogP contribution >= 0.6 is 0 Å². The number of benzene rings is 1. The highest BCUT2D eigenvalue weighted by molar-refractivity contribution is 5.86. The zero-order valence-electron chi connectivity index (χ0n) is 12.8. The molecule has 2 aromatic rings. The summed E-state index contributed by atoms with van der Waals surface area (Å²) in [4.78, 5) is 15.2. The number of rotatable bonds is 2. The van der Waals surface area contributed by atoms with Gasteiger partial charge >= 0.3 is 6.09 Å². The highest BCUT2D eigenvalue weighted by Crippen LogP contribution is 2.26. The van der Waals surface area contributed by atoms with Crippen LogP contribution in [0, 0.1) is 19.8 Å². The zero-order valence-corrected chi connectivity index (χ0v) is 12.8. The minimum Gasteiger partial charge on any atom is -0.393 e. The molecule has 1 heterocycles. The van der Waals surface area contributed by atoms with Crippen LogP contribution in [0.2, 0.25) is 0 Å². The van der Waals surface area contributed by atoms with Crippen molar-refractivity contribution in [1.29, 1.82) is 0 Å². The molecule has 1 fully saturated rings. The third-order valence-electron chi connectivity index (χ3n) is 4.43. The van der Waals surface area contributed by atoms with Crippen LogP contribution in [0.4, 0.5) is 4.79 Å². The van der Waals surface area contributed by atoms with Gasteiger partial charge in [0.25, 0.3) is 0 Å². The second kappa shape index (κ2) is 5.43. The Morgan fingerprint density at radius 1 is 1.29 bits per heavy atom. The van der Waals surface area contributed by atoms with E-state index in [9.17, 15) is 4.79 Å². The molecule has 112 valence electrons. The molecule has 21 heavy (non-hydrogen) atoms. The lowest BCUT2D eigenvalue weighted by Crippen LogP contribution is -2.38. The number of hydrogen-bond acceptors (Lipinski definition) is 2. The number of carbonyl (C=O) groups is 1. The highest BCUT2D eigenvalue weighted by Gasteiger charge is 2.25. The molecule has 3 rings (SSSR count). The van der Waals surface area contributed by atoms with Gasteiger partial charge in [0.05, 0.1) is 0 Å². The van der Waals surface area contributed by atoms with Crippen molar-refractivity contribution in [3.8, 4) is 5.88 Å². The number of carbonyl (C=O) groups excluding carboxylic acids is 1. The molecule has 0 spiro atoms. The lowest BCUT2D eigenvalue weighted by molar-refractivity contribution is 0.192. The summed E-state index contributed by atoms with van der Waals surface area (Å²) in [6, 6.07) is 6.32. The number of fused-ring (bicyclic) bond motifs is 1. The molecule has 1 aromatic heterocycles. The van der Waals surface area contributed by atoms with Crippen LogP contribution < -0.4 is 10.1 Å². The molecule has 0 unspecified atom stereocenters. The first-order valence-corrected chi connectivity index (χ1v) is 7.61. The van der Waals surface area contributed by atoms with Gasteiger partial charge in [0.1, 0.15) is 0 Å². The predicted molar refractivity (Wildman–Crippen MR) is 83.7 cm³/mol. The van der Waals surface area contributed by atoms with Gasteiger partial charge in [0, 0.05) is 23.0 Å². The van der Waals surface area contributed by atoms with E-state index in [1.54, 1.807) is 0 Å². The molecule has 0 saturated heterocycles. The lowest BCUT2D eigenvalue weighted by Gasteiger charge is -2.16. The van der Waals surface area contributed by atoms with E-state index < -0.39 is 0 Å². The van der Waals surface area contributed by atoms with E-state index in [1.807, 2.05) is 6.07 Å². The Balaban J connectivity index is 1.72. The van der Waals surface area contributed by atoms with E-state index in [2.05, 4.69) is 43.2 Å². The molecule has 1 amide bonds. The summed E-state index contributed by atoms with van der Waals surface area (Å²) in [5.74, 6) is 1.03. The van der Waals surface area contributed by atoms with Crippen molar-refractivity contribution >= 4 is 17.0 Å². The van der Waals surface area contributed by atoms with E-state index >= 15 is 0 Å². The van der Waals surface area contributed by atoms with Gasteiger partial charge in [0.2, 0.25) is 5.88 Å². The topological polar surface area (TPSA) is 54.1 Å². The number of aromatic amines is 1. The number of hydrogen-bond donors (Lipinski definition) is 2. The summed E-state index contributed by atoms with van der Waals surface area (Å²) in [6.45, 7) is 6.29. The number of aryl methyl sites for hydroxylation is 2. The number of amides is 1. The second-order valence-corrected chi connectivity index (χ2v) is 6.23. The number of aromatic nitrogens is 1. The first-order valence-electron chi connectivity index (χ1n) is 7.61. The largest absolute Gasteiger partial charge is 0.414 e. The van der Waals surface area contributed by atoms with Crippen molar-refractivity contribution in [1.82, 2.24) is 10.3 Å². The summed E-state index contributed by atoms with van der Waals surface area (Å²) >= 11 is 0. The van der Waals surface area contributed by atoms with Gasteiger partial charge in [-0.05, 0) is 49.8 Å². The Kier molecular flexibility index (Phi) is 3.62. The predicted octanol–water partition coefficient (Wildman–Crippen LogP) is 4.06. The van der Waals surface area contributed by atoms with Crippen LogP contribution in [-0.4, -0.2) is 17.1 Å². The molecule has 1 aliphatic rings. The van der Waals surface area contributed by atoms with Crippen LogP contribution in [0.25, 0.3) is 10.9 Å². The van der Waals surface area contributed by atoms with Crippen molar-refractivity contribution in [3.05, 3.63) is 29.3 Å². The molecule has 1 aliphatic carbocycles. The average molecular weight is 286 g/mol. The third-order valence-corrected chi connectivity index (χ3v) is 4.43. The Hall–Kier alpha value is -1.97. The Morgan fingerprint density at radius 2 is 2.10 bits per heavy atom. The Morgan fingerprint density at radius 3 is 2.81 bits per heavy atom.